The van der Waals surface area contributed by atoms with Crippen molar-refractivity contribution in [3.05, 3.63) is 70.3 Å². The van der Waals surface area contributed by atoms with Crippen molar-refractivity contribution in [1.29, 1.82) is 0 Å². The molecule has 24 heavy (non-hydrogen) atoms. The van der Waals surface area contributed by atoms with Crippen LogP contribution in [-0.4, -0.2) is 21.1 Å². The minimum atomic E-state index is -0.468. The Morgan fingerprint density at radius 3 is 2.92 bits per heavy atom. The molecule has 0 spiro atoms. The molecular weight excluding hydrogens is 308 g/mol. The summed E-state index contributed by atoms with van der Waals surface area (Å²) in [6.07, 6.45) is 1.65. The quantitative estimate of drug-likeness (QED) is 0.601. The summed E-state index contributed by atoms with van der Waals surface area (Å²) in [4.78, 5) is 28.4. The molecule has 0 radical (unpaired) electrons. The molecule has 0 fully saturated rings. The number of fused-ring (bicyclic) bond motifs is 2. The van der Waals surface area contributed by atoms with Gasteiger partial charge >= 0.3 is 0 Å². The fourth-order valence-electron chi connectivity index (χ4n) is 2.51. The average molecular weight is 320 g/mol. The molecule has 0 aliphatic carbocycles. The minimum absolute atomic E-state index is 0.0272. The average Bonchev–Trinajstić information content (AvgIpc) is 3.03. The molecule has 1 amide bonds. The Bertz CT molecular complexity index is 1110. The number of carbonyl (C=O) groups is 1. The number of carbonyl (C=O) groups excluding carboxylic acids is 1. The van der Waals surface area contributed by atoms with Gasteiger partial charge < -0.3 is 9.73 Å². The van der Waals surface area contributed by atoms with Crippen LogP contribution in [0.5, 0.6) is 0 Å². The predicted octanol–water partition coefficient (Wildman–Crippen LogP) is 1.99. The SMILES string of the molecule is O=C(NCc1[nH]nc2ncccc12)c1cc(=O)c2ccccc2o1. The highest BCUT2D eigenvalue weighted by Gasteiger charge is 2.13. The molecule has 0 aliphatic heterocycles. The van der Waals surface area contributed by atoms with Crippen molar-refractivity contribution in [3.8, 4) is 0 Å². The number of rotatable bonds is 3. The van der Waals surface area contributed by atoms with Crippen molar-refractivity contribution in [1.82, 2.24) is 20.5 Å². The number of H-pyrrole nitrogens is 1. The van der Waals surface area contributed by atoms with Gasteiger partial charge in [-0.15, -0.1) is 0 Å². The fourth-order valence-corrected chi connectivity index (χ4v) is 2.51. The first-order chi connectivity index (χ1) is 11.7. The molecule has 0 saturated heterocycles. The zero-order valence-electron chi connectivity index (χ0n) is 12.4. The standard InChI is InChI=1S/C17H12N4O3/c22-13-8-15(24-14-6-2-1-4-11(13)14)17(23)19-9-12-10-5-3-7-18-16(10)21-20-12/h1-8H,9H2,(H,19,23)(H,18,20,21). The topological polar surface area (TPSA) is 101 Å². The first-order valence-corrected chi connectivity index (χ1v) is 7.31. The van der Waals surface area contributed by atoms with Crippen LogP contribution in [0.4, 0.5) is 0 Å². The molecule has 1 aromatic carbocycles. The summed E-state index contributed by atoms with van der Waals surface area (Å²) in [5.41, 5.74) is 1.44. The first-order valence-electron chi connectivity index (χ1n) is 7.31. The maximum absolute atomic E-state index is 12.3. The Morgan fingerprint density at radius 2 is 2.00 bits per heavy atom. The van der Waals surface area contributed by atoms with Crippen molar-refractivity contribution >= 4 is 27.9 Å². The Labute approximate surface area is 135 Å². The maximum atomic E-state index is 12.3. The number of hydrogen-bond acceptors (Lipinski definition) is 5. The highest BCUT2D eigenvalue weighted by Crippen LogP contribution is 2.14. The first kappa shape index (κ1) is 14.1. The number of para-hydroxylation sites is 1. The van der Waals surface area contributed by atoms with E-state index in [-0.39, 0.29) is 17.7 Å². The van der Waals surface area contributed by atoms with E-state index in [2.05, 4.69) is 20.5 Å². The third-order valence-corrected chi connectivity index (χ3v) is 3.69. The Hall–Kier alpha value is -3.48. The van der Waals surface area contributed by atoms with Gasteiger partial charge in [0.05, 0.1) is 17.6 Å². The number of aromatic amines is 1. The van der Waals surface area contributed by atoms with Crippen molar-refractivity contribution in [2.45, 2.75) is 6.54 Å². The Kier molecular flexibility index (Phi) is 3.31. The van der Waals surface area contributed by atoms with Crippen LogP contribution in [0.2, 0.25) is 0 Å². The molecule has 7 heteroatoms. The van der Waals surface area contributed by atoms with Crippen molar-refractivity contribution in [3.63, 3.8) is 0 Å². The molecule has 7 nitrogen and oxygen atoms in total. The number of pyridine rings is 1. The van der Waals surface area contributed by atoms with E-state index in [1.807, 2.05) is 6.07 Å². The molecule has 0 bridgehead atoms. The second-order valence-corrected chi connectivity index (χ2v) is 5.23. The summed E-state index contributed by atoms with van der Waals surface area (Å²) >= 11 is 0. The lowest BCUT2D eigenvalue weighted by Gasteiger charge is -2.04. The van der Waals surface area contributed by atoms with Crippen molar-refractivity contribution < 1.29 is 9.21 Å². The normalized spacial score (nSPS) is 11.0. The second kappa shape index (κ2) is 5.62. The van der Waals surface area contributed by atoms with Gasteiger partial charge in [0.2, 0.25) is 0 Å². The molecule has 3 aromatic heterocycles. The van der Waals surface area contributed by atoms with Gasteiger partial charge in [0.15, 0.2) is 16.8 Å². The van der Waals surface area contributed by atoms with E-state index in [0.29, 0.717) is 16.6 Å². The van der Waals surface area contributed by atoms with Crippen LogP contribution in [0.25, 0.3) is 22.0 Å². The lowest BCUT2D eigenvalue weighted by atomic mass is 10.2. The van der Waals surface area contributed by atoms with Crippen LogP contribution in [0.1, 0.15) is 16.2 Å². The second-order valence-electron chi connectivity index (χ2n) is 5.23. The van der Waals surface area contributed by atoms with Crippen LogP contribution < -0.4 is 10.7 Å². The number of amides is 1. The van der Waals surface area contributed by atoms with Crippen LogP contribution in [-0.2, 0) is 6.54 Å². The molecule has 118 valence electrons. The summed E-state index contributed by atoms with van der Waals surface area (Å²) in [5.74, 6) is -0.495. The fraction of sp³-hybridized carbons (Fsp3) is 0.0588. The van der Waals surface area contributed by atoms with Crippen molar-refractivity contribution in [2.24, 2.45) is 0 Å². The number of nitrogens with zero attached hydrogens (tertiary/aromatic N) is 2. The largest absolute Gasteiger partial charge is 0.451 e. The smallest absolute Gasteiger partial charge is 0.287 e. The van der Waals surface area contributed by atoms with E-state index in [9.17, 15) is 9.59 Å². The highest BCUT2D eigenvalue weighted by molar-refractivity contribution is 5.93. The zero-order chi connectivity index (χ0) is 16.5. The Morgan fingerprint density at radius 1 is 1.17 bits per heavy atom. The van der Waals surface area contributed by atoms with Gasteiger partial charge in [-0.1, -0.05) is 12.1 Å². The molecule has 0 saturated carbocycles. The van der Waals surface area contributed by atoms with Gasteiger partial charge in [-0.25, -0.2) is 4.98 Å². The van der Waals surface area contributed by atoms with Crippen molar-refractivity contribution in [2.75, 3.05) is 0 Å². The molecule has 0 aliphatic rings. The maximum Gasteiger partial charge on any atom is 0.287 e. The van der Waals surface area contributed by atoms with Gasteiger partial charge in [-0.05, 0) is 24.3 Å². The molecule has 3 heterocycles. The van der Waals surface area contributed by atoms with E-state index >= 15 is 0 Å². The van der Waals surface area contributed by atoms with Crippen LogP contribution in [0.15, 0.2) is 57.9 Å². The molecule has 4 aromatic rings. The molecular formula is C17H12N4O3. The summed E-state index contributed by atoms with van der Waals surface area (Å²) in [7, 11) is 0. The van der Waals surface area contributed by atoms with Gasteiger partial charge in [-0.3, -0.25) is 14.7 Å². The third-order valence-electron chi connectivity index (χ3n) is 3.69. The van der Waals surface area contributed by atoms with Gasteiger partial charge in [0.25, 0.3) is 5.91 Å². The van der Waals surface area contributed by atoms with Gasteiger partial charge in [-0.2, -0.15) is 5.10 Å². The van der Waals surface area contributed by atoms with Crippen LogP contribution in [0.3, 0.4) is 0 Å². The monoisotopic (exact) mass is 320 g/mol. The van der Waals surface area contributed by atoms with E-state index in [1.165, 1.54) is 6.07 Å². The number of benzene rings is 1. The van der Waals surface area contributed by atoms with Gasteiger partial charge in [0, 0.05) is 17.6 Å². The molecule has 0 atom stereocenters. The molecule has 2 N–H and O–H groups in total. The summed E-state index contributed by atoms with van der Waals surface area (Å²) < 4.78 is 5.51. The highest BCUT2D eigenvalue weighted by atomic mass is 16.3. The molecule has 4 rings (SSSR count). The lowest BCUT2D eigenvalue weighted by molar-refractivity contribution is 0.0923. The van der Waals surface area contributed by atoms with E-state index in [0.717, 1.165) is 11.1 Å². The minimum Gasteiger partial charge on any atom is -0.451 e. The van der Waals surface area contributed by atoms with E-state index < -0.39 is 5.91 Å². The van der Waals surface area contributed by atoms with E-state index in [4.69, 9.17) is 4.42 Å². The Balaban J connectivity index is 1.59. The van der Waals surface area contributed by atoms with Crippen LogP contribution >= 0.6 is 0 Å². The number of aromatic nitrogens is 3. The predicted molar refractivity (Wildman–Crippen MR) is 87.5 cm³/mol. The lowest BCUT2D eigenvalue weighted by Crippen LogP contribution is -2.24. The third kappa shape index (κ3) is 2.41. The molecule has 0 unspecified atom stereocenters. The zero-order valence-corrected chi connectivity index (χ0v) is 12.4. The van der Waals surface area contributed by atoms with Crippen LogP contribution in [0, 0.1) is 0 Å². The summed E-state index contributed by atoms with van der Waals surface area (Å²) in [6.45, 7) is 0.220. The number of hydrogen-bond donors (Lipinski definition) is 2. The van der Waals surface area contributed by atoms with E-state index in [1.54, 1.807) is 36.5 Å². The summed E-state index contributed by atoms with van der Waals surface area (Å²) in [6, 6.07) is 11.7. The number of nitrogens with one attached hydrogen (secondary N) is 2. The summed E-state index contributed by atoms with van der Waals surface area (Å²) in [5, 5.41) is 10.9. The van der Waals surface area contributed by atoms with Gasteiger partial charge in [0.1, 0.15) is 5.58 Å².